The van der Waals surface area contributed by atoms with Gasteiger partial charge in [0.05, 0.1) is 11.3 Å². The minimum absolute atomic E-state index is 0.0479. The molecule has 0 aliphatic carbocycles. The number of hydrogen-bond acceptors (Lipinski definition) is 6. The van der Waals surface area contributed by atoms with Crippen LogP contribution in [0.3, 0.4) is 0 Å². The molecule has 0 saturated heterocycles. The van der Waals surface area contributed by atoms with Gasteiger partial charge in [-0.25, -0.2) is 4.98 Å². The molecule has 0 amide bonds. The third kappa shape index (κ3) is 2.55. The lowest BCUT2D eigenvalue weighted by Crippen LogP contribution is -2.05. The Morgan fingerprint density at radius 2 is 1.83 bits per heavy atom. The molecule has 0 radical (unpaired) electrons. The molecular formula is C16H11N5OS. The van der Waals surface area contributed by atoms with E-state index in [0.29, 0.717) is 16.4 Å². The number of rotatable bonds is 4. The quantitative estimate of drug-likeness (QED) is 0.327. The zero-order valence-corrected chi connectivity index (χ0v) is 12.8. The summed E-state index contributed by atoms with van der Waals surface area (Å²) in [5, 5.41) is 13.2. The van der Waals surface area contributed by atoms with Crippen LogP contribution in [0, 0.1) is 0 Å². The molecular weight excluding hydrogens is 310 g/mol. The first-order valence-corrected chi connectivity index (χ1v) is 7.99. The summed E-state index contributed by atoms with van der Waals surface area (Å²) in [6.45, 7) is 0. The number of nitrogens with zero attached hydrogens (tertiary/aromatic N) is 5. The SMILES string of the molecule is O=C(CSc1nc2ccccc2c2nnnn12)c1ccccc1. The molecule has 0 saturated carbocycles. The van der Waals surface area contributed by atoms with E-state index in [1.165, 1.54) is 11.8 Å². The van der Waals surface area contributed by atoms with Crippen molar-refractivity contribution in [2.24, 2.45) is 0 Å². The summed E-state index contributed by atoms with van der Waals surface area (Å²) in [5.41, 5.74) is 2.14. The van der Waals surface area contributed by atoms with Crippen LogP contribution in [0.2, 0.25) is 0 Å². The van der Waals surface area contributed by atoms with Crippen molar-refractivity contribution in [3.8, 4) is 0 Å². The van der Waals surface area contributed by atoms with E-state index in [1.807, 2.05) is 54.6 Å². The highest BCUT2D eigenvalue weighted by Gasteiger charge is 2.13. The summed E-state index contributed by atoms with van der Waals surface area (Å²) in [7, 11) is 0. The second-order valence-corrected chi connectivity index (χ2v) is 5.85. The van der Waals surface area contributed by atoms with Crippen molar-refractivity contribution in [2.75, 3.05) is 5.75 Å². The second-order valence-electron chi connectivity index (χ2n) is 4.90. The number of ketones is 1. The number of Topliss-reactive ketones (excluding diaryl/α,β-unsaturated/α-hetero) is 1. The standard InChI is InChI=1S/C16H11N5OS/c22-14(11-6-2-1-3-7-11)10-23-16-17-13-9-5-4-8-12(13)15-18-19-20-21(15)16/h1-9H,10H2. The van der Waals surface area contributed by atoms with Crippen LogP contribution in [-0.4, -0.2) is 36.6 Å². The molecule has 0 N–H and O–H groups in total. The molecule has 0 aliphatic heterocycles. The van der Waals surface area contributed by atoms with Crippen LogP contribution in [-0.2, 0) is 0 Å². The van der Waals surface area contributed by atoms with E-state index in [2.05, 4.69) is 20.5 Å². The third-order valence-electron chi connectivity index (χ3n) is 3.44. The van der Waals surface area contributed by atoms with Crippen LogP contribution in [0.5, 0.6) is 0 Å². The molecule has 2 heterocycles. The zero-order chi connectivity index (χ0) is 15.6. The molecule has 112 valence electrons. The number of thioether (sulfide) groups is 1. The van der Waals surface area contributed by atoms with Gasteiger partial charge in [-0.05, 0) is 22.6 Å². The Morgan fingerprint density at radius 3 is 2.70 bits per heavy atom. The van der Waals surface area contributed by atoms with E-state index in [4.69, 9.17) is 0 Å². The smallest absolute Gasteiger partial charge is 0.193 e. The molecule has 0 bridgehead atoms. The number of hydrogen-bond donors (Lipinski definition) is 0. The Balaban J connectivity index is 1.68. The summed E-state index contributed by atoms with van der Waals surface area (Å²) in [4.78, 5) is 16.8. The van der Waals surface area contributed by atoms with Crippen molar-refractivity contribution in [3.05, 3.63) is 60.2 Å². The van der Waals surface area contributed by atoms with Crippen LogP contribution in [0.25, 0.3) is 16.6 Å². The number of carbonyl (C=O) groups is 1. The first kappa shape index (κ1) is 13.8. The first-order valence-electron chi connectivity index (χ1n) is 7.01. The zero-order valence-electron chi connectivity index (χ0n) is 12.0. The van der Waals surface area contributed by atoms with Crippen molar-refractivity contribution in [1.82, 2.24) is 25.0 Å². The van der Waals surface area contributed by atoms with Gasteiger partial charge in [-0.1, -0.05) is 54.2 Å². The molecule has 4 aromatic rings. The van der Waals surface area contributed by atoms with Gasteiger partial charge >= 0.3 is 0 Å². The van der Waals surface area contributed by atoms with Gasteiger partial charge in [0.25, 0.3) is 0 Å². The number of carbonyl (C=O) groups excluding carboxylic acids is 1. The molecule has 7 heteroatoms. The molecule has 4 rings (SSSR count). The minimum atomic E-state index is 0.0479. The van der Waals surface area contributed by atoms with E-state index < -0.39 is 0 Å². The van der Waals surface area contributed by atoms with Crippen LogP contribution < -0.4 is 0 Å². The number of fused-ring (bicyclic) bond motifs is 3. The van der Waals surface area contributed by atoms with Gasteiger partial charge in [-0.3, -0.25) is 4.79 Å². The van der Waals surface area contributed by atoms with Gasteiger partial charge in [0, 0.05) is 10.9 Å². The summed E-state index contributed by atoms with van der Waals surface area (Å²) >= 11 is 1.33. The molecule has 0 fully saturated rings. The Morgan fingerprint density at radius 1 is 1.04 bits per heavy atom. The number of tetrazole rings is 1. The lowest BCUT2D eigenvalue weighted by molar-refractivity contribution is 0.102. The van der Waals surface area contributed by atoms with E-state index in [1.54, 1.807) is 4.52 Å². The molecule has 23 heavy (non-hydrogen) atoms. The lowest BCUT2D eigenvalue weighted by atomic mass is 10.2. The van der Waals surface area contributed by atoms with Crippen molar-refractivity contribution < 1.29 is 4.79 Å². The first-order chi connectivity index (χ1) is 11.3. The average Bonchev–Trinajstić information content (AvgIpc) is 3.10. The average molecular weight is 321 g/mol. The van der Waals surface area contributed by atoms with E-state index in [0.717, 1.165) is 10.9 Å². The fraction of sp³-hybridized carbons (Fsp3) is 0.0625. The van der Waals surface area contributed by atoms with Gasteiger partial charge in [0.15, 0.2) is 16.6 Å². The summed E-state index contributed by atoms with van der Waals surface area (Å²) in [6.07, 6.45) is 0. The van der Waals surface area contributed by atoms with Crippen molar-refractivity contribution in [3.63, 3.8) is 0 Å². The summed E-state index contributed by atoms with van der Waals surface area (Å²) in [5.74, 6) is 0.330. The van der Waals surface area contributed by atoms with Crippen LogP contribution in [0.1, 0.15) is 10.4 Å². The Bertz CT molecular complexity index is 999. The molecule has 0 unspecified atom stereocenters. The summed E-state index contributed by atoms with van der Waals surface area (Å²) < 4.78 is 1.57. The predicted octanol–water partition coefficient (Wildman–Crippen LogP) is 2.65. The molecule has 0 atom stereocenters. The van der Waals surface area contributed by atoms with Crippen LogP contribution in [0.15, 0.2) is 59.8 Å². The van der Waals surface area contributed by atoms with Gasteiger partial charge in [-0.2, -0.15) is 4.52 Å². The van der Waals surface area contributed by atoms with Crippen LogP contribution >= 0.6 is 11.8 Å². The maximum absolute atomic E-state index is 12.2. The molecule has 6 nitrogen and oxygen atoms in total. The molecule has 0 spiro atoms. The second kappa shape index (κ2) is 5.77. The Hall–Kier alpha value is -2.80. The van der Waals surface area contributed by atoms with Crippen LogP contribution in [0.4, 0.5) is 0 Å². The van der Waals surface area contributed by atoms with Crippen molar-refractivity contribution in [2.45, 2.75) is 5.16 Å². The Kier molecular flexibility index (Phi) is 3.47. The molecule has 2 aromatic carbocycles. The number of benzene rings is 2. The molecule has 2 aromatic heterocycles. The lowest BCUT2D eigenvalue weighted by Gasteiger charge is -2.05. The highest BCUT2D eigenvalue weighted by atomic mass is 32.2. The van der Waals surface area contributed by atoms with E-state index in [-0.39, 0.29) is 11.5 Å². The van der Waals surface area contributed by atoms with Gasteiger partial charge < -0.3 is 0 Å². The van der Waals surface area contributed by atoms with Crippen molar-refractivity contribution in [1.29, 1.82) is 0 Å². The monoisotopic (exact) mass is 321 g/mol. The fourth-order valence-corrected chi connectivity index (χ4v) is 3.16. The fourth-order valence-electron chi connectivity index (χ4n) is 2.33. The topological polar surface area (TPSA) is 73.0 Å². The van der Waals surface area contributed by atoms with E-state index in [9.17, 15) is 4.79 Å². The van der Waals surface area contributed by atoms with E-state index >= 15 is 0 Å². The van der Waals surface area contributed by atoms with Gasteiger partial charge in [-0.15, -0.1) is 5.10 Å². The summed E-state index contributed by atoms with van der Waals surface area (Å²) in [6, 6.07) is 16.9. The largest absolute Gasteiger partial charge is 0.293 e. The maximum atomic E-state index is 12.2. The number of para-hydroxylation sites is 1. The Labute approximate surface area is 135 Å². The third-order valence-corrected chi connectivity index (χ3v) is 4.37. The normalized spacial score (nSPS) is 11.1. The highest BCUT2D eigenvalue weighted by molar-refractivity contribution is 7.99. The number of aromatic nitrogens is 5. The maximum Gasteiger partial charge on any atom is 0.193 e. The highest BCUT2D eigenvalue weighted by Crippen LogP contribution is 2.23. The van der Waals surface area contributed by atoms with Gasteiger partial charge in [0.2, 0.25) is 0 Å². The predicted molar refractivity (Wildman–Crippen MR) is 87.6 cm³/mol. The van der Waals surface area contributed by atoms with Gasteiger partial charge in [0.1, 0.15) is 0 Å². The minimum Gasteiger partial charge on any atom is -0.293 e. The molecule has 0 aliphatic rings. The van der Waals surface area contributed by atoms with Crippen molar-refractivity contribution >= 4 is 34.1 Å².